The molecule has 1 aromatic heterocycles. The Balaban J connectivity index is 1.95. The molecule has 0 aliphatic carbocycles. The Morgan fingerprint density at radius 1 is 1.39 bits per heavy atom. The maximum atomic E-state index is 10.6. The number of thiophene rings is 1. The first-order valence-electron chi connectivity index (χ1n) is 5.29. The van der Waals surface area contributed by atoms with Crippen molar-refractivity contribution < 1.29 is 4.92 Å². The Hall–Kier alpha value is -1.53. The molecule has 94 valence electrons. The third-order valence-corrected chi connectivity index (χ3v) is 4.08. The molecule has 0 bridgehead atoms. The Labute approximate surface area is 113 Å². The van der Waals surface area contributed by atoms with E-state index < -0.39 is 0 Å². The predicted octanol–water partition coefficient (Wildman–Crippen LogP) is 3.99. The van der Waals surface area contributed by atoms with Gasteiger partial charge in [0, 0.05) is 28.6 Å². The van der Waals surface area contributed by atoms with Gasteiger partial charge in [-0.2, -0.15) is 0 Å². The second kappa shape index (κ2) is 5.88. The standard InChI is InChI=1S/C12H12N2O2S2/c1-17-11-4-2-10(3-5-11)13-7-9-6-12(14(15)16)18-8-9/h2-6,8,13H,7H2,1H3. The van der Waals surface area contributed by atoms with Crippen LogP contribution in [0.3, 0.4) is 0 Å². The molecule has 0 saturated carbocycles. The van der Waals surface area contributed by atoms with Crippen LogP contribution in [0, 0.1) is 10.1 Å². The molecule has 2 rings (SSSR count). The van der Waals surface area contributed by atoms with E-state index in [1.807, 2.05) is 30.5 Å². The Kier molecular flexibility index (Phi) is 4.22. The van der Waals surface area contributed by atoms with Crippen LogP contribution in [0.5, 0.6) is 0 Å². The summed E-state index contributed by atoms with van der Waals surface area (Å²) in [6, 6.07) is 9.71. The van der Waals surface area contributed by atoms with Crippen molar-refractivity contribution in [3.63, 3.8) is 0 Å². The minimum absolute atomic E-state index is 0.185. The summed E-state index contributed by atoms with van der Waals surface area (Å²) in [5.41, 5.74) is 1.95. The molecular weight excluding hydrogens is 268 g/mol. The molecule has 18 heavy (non-hydrogen) atoms. The van der Waals surface area contributed by atoms with Crippen LogP contribution in [0.4, 0.5) is 10.7 Å². The molecule has 1 aromatic carbocycles. The molecule has 0 aliphatic rings. The van der Waals surface area contributed by atoms with Gasteiger partial charge in [-0.1, -0.05) is 11.3 Å². The Morgan fingerprint density at radius 2 is 2.11 bits per heavy atom. The number of hydrogen-bond acceptors (Lipinski definition) is 5. The van der Waals surface area contributed by atoms with E-state index in [4.69, 9.17) is 0 Å². The van der Waals surface area contributed by atoms with Crippen LogP contribution in [-0.4, -0.2) is 11.2 Å². The second-order valence-electron chi connectivity index (χ2n) is 3.63. The largest absolute Gasteiger partial charge is 0.381 e. The van der Waals surface area contributed by atoms with Gasteiger partial charge >= 0.3 is 5.00 Å². The lowest BCUT2D eigenvalue weighted by molar-refractivity contribution is -0.380. The summed E-state index contributed by atoms with van der Waals surface area (Å²) >= 11 is 2.85. The van der Waals surface area contributed by atoms with E-state index in [0.29, 0.717) is 6.54 Å². The summed E-state index contributed by atoms with van der Waals surface area (Å²) in [6.45, 7) is 0.600. The SMILES string of the molecule is CSc1ccc(NCc2csc([N+](=O)[O-])c2)cc1. The molecule has 2 aromatic rings. The summed E-state index contributed by atoms with van der Waals surface area (Å²) in [5.74, 6) is 0. The van der Waals surface area contributed by atoms with Crippen molar-refractivity contribution in [2.45, 2.75) is 11.4 Å². The van der Waals surface area contributed by atoms with Crippen molar-refractivity contribution >= 4 is 33.8 Å². The van der Waals surface area contributed by atoms with Crippen molar-refractivity contribution in [1.82, 2.24) is 0 Å². The number of hydrogen-bond donors (Lipinski definition) is 1. The highest BCUT2D eigenvalue weighted by Crippen LogP contribution is 2.23. The van der Waals surface area contributed by atoms with Crippen molar-refractivity contribution in [3.05, 3.63) is 51.4 Å². The zero-order valence-electron chi connectivity index (χ0n) is 9.75. The van der Waals surface area contributed by atoms with Crippen LogP contribution in [0.1, 0.15) is 5.56 Å². The van der Waals surface area contributed by atoms with Crippen molar-refractivity contribution in [3.8, 4) is 0 Å². The molecular formula is C12H12N2O2S2. The van der Waals surface area contributed by atoms with Crippen LogP contribution in [0.2, 0.25) is 0 Å². The van der Waals surface area contributed by atoms with E-state index in [2.05, 4.69) is 5.32 Å². The van der Waals surface area contributed by atoms with Gasteiger partial charge in [-0.3, -0.25) is 10.1 Å². The average Bonchev–Trinajstić information content (AvgIpc) is 2.86. The number of rotatable bonds is 5. The van der Waals surface area contributed by atoms with Gasteiger partial charge in [-0.25, -0.2) is 0 Å². The molecule has 0 aliphatic heterocycles. The first-order chi connectivity index (χ1) is 8.69. The number of anilines is 1. The molecule has 4 nitrogen and oxygen atoms in total. The molecule has 0 fully saturated rings. The average molecular weight is 280 g/mol. The first kappa shape index (κ1) is 12.9. The Bertz CT molecular complexity index is 537. The molecule has 6 heteroatoms. The summed E-state index contributed by atoms with van der Waals surface area (Å²) in [5, 5.41) is 15.8. The van der Waals surface area contributed by atoms with Gasteiger partial charge in [0.15, 0.2) is 0 Å². The van der Waals surface area contributed by atoms with Crippen molar-refractivity contribution in [2.24, 2.45) is 0 Å². The summed E-state index contributed by atoms with van der Waals surface area (Å²) in [7, 11) is 0. The Morgan fingerprint density at radius 3 is 2.67 bits per heavy atom. The van der Waals surface area contributed by atoms with E-state index in [0.717, 1.165) is 22.6 Å². The number of nitro groups is 1. The summed E-state index contributed by atoms with van der Waals surface area (Å²) in [6.07, 6.45) is 2.03. The molecule has 0 radical (unpaired) electrons. The van der Waals surface area contributed by atoms with Crippen LogP contribution in [0.15, 0.2) is 40.6 Å². The number of nitrogens with one attached hydrogen (secondary N) is 1. The molecule has 0 unspecified atom stereocenters. The molecule has 0 saturated heterocycles. The molecule has 0 spiro atoms. The first-order valence-corrected chi connectivity index (χ1v) is 7.39. The van der Waals surface area contributed by atoms with Crippen LogP contribution in [0.25, 0.3) is 0 Å². The van der Waals surface area contributed by atoms with E-state index in [-0.39, 0.29) is 9.92 Å². The lowest BCUT2D eigenvalue weighted by Gasteiger charge is -2.05. The lowest BCUT2D eigenvalue weighted by Crippen LogP contribution is -1.97. The van der Waals surface area contributed by atoms with Gasteiger partial charge in [0.05, 0.1) is 4.92 Å². The van der Waals surface area contributed by atoms with Crippen molar-refractivity contribution in [1.29, 1.82) is 0 Å². The third-order valence-electron chi connectivity index (χ3n) is 2.41. The maximum absolute atomic E-state index is 10.6. The number of nitrogens with zero attached hydrogens (tertiary/aromatic N) is 1. The fraction of sp³-hybridized carbons (Fsp3) is 0.167. The van der Waals surface area contributed by atoms with Crippen molar-refractivity contribution in [2.75, 3.05) is 11.6 Å². The molecule has 1 heterocycles. The van der Waals surface area contributed by atoms with Gasteiger partial charge in [0.1, 0.15) is 0 Å². The monoisotopic (exact) mass is 280 g/mol. The highest BCUT2D eigenvalue weighted by Gasteiger charge is 2.08. The van der Waals surface area contributed by atoms with E-state index in [9.17, 15) is 10.1 Å². The molecule has 0 amide bonds. The minimum atomic E-state index is -0.360. The lowest BCUT2D eigenvalue weighted by atomic mass is 10.3. The van der Waals surface area contributed by atoms with Crippen LogP contribution >= 0.6 is 23.1 Å². The number of benzene rings is 1. The van der Waals surface area contributed by atoms with E-state index in [1.54, 1.807) is 23.2 Å². The highest BCUT2D eigenvalue weighted by atomic mass is 32.2. The van der Waals surface area contributed by atoms with Gasteiger partial charge in [-0.05, 0) is 36.1 Å². The van der Waals surface area contributed by atoms with E-state index in [1.165, 1.54) is 4.90 Å². The molecule has 1 N–H and O–H groups in total. The van der Waals surface area contributed by atoms with E-state index >= 15 is 0 Å². The molecule has 0 atom stereocenters. The van der Waals surface area contributed by atoms with Gasteiger partial charge in [0.2, 0.25) is 0 Å². The maximum Gasteiger partial charge on any atom is 0.324 e. The topological polar surface area (TPSA) is 55.2 Å². The zero-order valence-corrected chi connectivity index (χ0v) is 11.4. The van der Waals surface area contributed by atoms with Gasteiger partial charge in [-0.15, -0.1) is 11.8 Å². The predicted molar refractivity (Wildman–Crippen MR) is 76.5 cm³/mol. The summed E-state index contributed by atoms with van der Waals surface area (Å²) < 4.78 is 0. The quantitative estimate of drug-likeness (QED) is 0.511. The van der Waals surface area contributed by atoms with Crippen LogP contribution < -0.4 is 5.32 Å². The zero-order chi connectivity index (χ0) is 13.0. The second-order valence-corrected chi connectivity index (χ2v) is 5.40. The normalized spacial score (nSPS) is 10.3. The van der Waals surface area contributed by atoms with Crippen LogP contribution in [-0.2, 0) is 6.54 Å². The summed E-state index contributed by atoms with van der Waals surface area (Å²) in [4.78, 5) is 11.4. The fourth-order valence-electron chi connectivity index (χ4n) is 1.46. The smallest absolute Gasteiger partial charge is 0.324 e. The highest BCUT2D eigenvalue weighted by molar-refractivity contribution is 7.98. The van der Waals surface area contributed by atoms with Gasteiger partial charge < -0.3 is 5.32 Å². The third kappa shape index (κ3) is 3.24. The number of thioether (sulfide) groups is 1. The minimum Gasteiger partial charge on any atom is -0.381 e. The fourth-order valence-corrected chi connectivity index (χ4v) is 2.60. The van der Waals surface area contributed by atoms with Gasteiger partial charge in [0.25, 0.3) is 0 Å².